The molecule has 2 heteroatoms. The van der Waals surface area contributed by atoms with E-state index in [-0.39, 0.29) is 5.75 Å². The Hall–Kier alpha value is -1.49. The van der Waals surface area contributed by atoms with Crippen LogP contribution in [-0.4, -0.2) is 5.11 Å². The molecular weight excluding hydrogens is 174 g/mol. The van der Waals surface area contributed by atoms with Gasteiger partial charge < -0.3 is 5.11 Å². The van der Waals surface area contributed by atoms with E-state index < -0.39 is 0 Å². The van der Waals surface area contributed by atoms with Gasteiger partial charge in [-0.3, -0.25) is 0 Å². The van der Waals surface area contributed by atoms with E-state index in [4.69, 9.17) is 10.4 Å². The van der Waals surface area contributed by atoms with Gasteiger partial charge in [0.15, 0.2) is 0 Å². The van der Waals surface area contributed by atoms with E-state index in [9.17, 15) is 0 Å². The second-order valence-corrected chi connectivity index (χ2v) is 2.06. The molecule has 0 spiro atoms. The number of rotatable bonds is 0. The number of hydrogen-bond donors (Lipinski definition) is 1. The van der Waals surface area contributed by atoms with Gasteiger partial charge in [-0.2, -0.15) is 5.26 Å². The molecule has 1 aromatic carbocycles. The fourth-order valence-corrected chi connectivity index (χ4v) is 0.745. The molecule has 0 amide bonds. The van der Waals surface area contributed by atoms with Crippen LogP contribution in [0.2, 0.25) is 0 Å². The molecule has 0 fully saturated rings. The monoisotopic (exact) mass is 193 g/mol. The summed E-state index contributed by atoms with van der Waals surface area (Å²) in [7, 11) is 0. The third-order valence-electron chi connectivity index (χ3n) is 1.43. The minimum Gasteiger partial charge on any atom is -0.508 e. The third kappa shape index (κ3) is 4.51. The van der Waals surface area contributed by atoms with Gasteiger partial charge in [0.05, 0.1) is 11.6 Å². The molecule has 14 heavy (non-hydrogen) atoms. The number of hydrogen-bond acceptors (Lipinski definition) is 2. The van der Waals surface area contributed by atoms with Gasteiger partial charge in [0.2, 0.25) is 0 Å². The zero-order valence-electron chi connectivity index (χ0n) is 9.63. The van der Waals surface area contributed by atoms with Crippen molar-refractivity contribution in [2.45, 2.75) is 34.6 Å². The molecule has 0 saturated carbocycles. The Morgan fingerprint density at radius 1 is 1.14 bits per heavy atom. The molecule has 0 aliphatic carbocycles. The first-order valence-electron chi connectivity index (χ1n) is 4.94. The fourth-order valence-electron chi connectivity index (χ4n) is 0.745. The van der Waals surface area contributed by atoms with Gasteiger partial charge in [-0.05, 0) is 19.1 Å². The van der Waals surface area contributed by atoms with E-state index in [1.54, 1.807) is 25.1 Å². The Balaban J connectivity index is 0. The Morgan fingerprint density at radius 3 is 2.00 bits per heavy atom. The van der Waals surface area contributed by atoms with E-state index in [1.165, 1.54) is 0 Å². The Morgan fingerprint density at radius 2 is 1.64 bits per heavy atom. The molecule has 78 valence electrons. The molecule has 0 heterocycles. The zero-order chi connectivity index (χ0) is 11.6. The van der Waals surface area contributed by atoms with Crippen LogP contribution in [0.4, 0.5) is 0 Å². The highest BCUT2D eigenvalue weighted by molar-refractivity contribution is 5.44. The number of nitrogens with zero attached hydrogens (tertiary/aromatic N) is 1. The SMILES string of the molecule is CC.CC.Cc1c(O)cccc1C#N. The van der Waals surface area contributed by atoms with Crippen molar-refractivity contribution < 1.29 is 5.11 Å². The van der Waals surface area contributed by atoms with Crippen LogP contribution in [0.5, 0.6) is 5.75 Å². The maximum Gasteiger partial charge on any atom is 0.119 e. The number of nitriles is 1. The summed E-state index contributed by atoms with van der Waals surface area (Å²) in [6.07, 6.45) is 0. The highest BCUT2D eigenvalue weighted by Crippen LogP contribution is 2.17. The lowest BCUT2D eigenvalue weighted by Gasteiger charge is -1.97. The van der Waals surface area contributed by atoms with Crippen molar-refractivity contribution in [2.75, 3.05) is 0 Å². The van der Waals surface area contributed by atoms with Crippen molar-refractivity contribution in [1.82, 2.24) is 0 Å². The van der Waals surface area contributed by atoms with Gasteiger partial charge in [-0.1, -0.05) is 33.8 Å². The highest BCUT2D eigenvalue weighted by atomic mass is 16.3. The summed E-state index contributed by atoms with van der Waals surface area (Å²) >= 11 is 0. The maximum absolute atomic E-state index is 9.08. The van der Waals surface area contributed by atoms with Crippen molar-refractivity contribution >= 4 is 0 Å². The molecule has 0 saturated heterocycles. The van der Waals surface area contributed by atoms with Crippen LogP contribution in [0.25, 0.3) is 0 Å². The molecule has 0 unspecified atom stereocenters. The minimum atomic E-state index is 0.180. The van der Waals surface area contributed by atoms with E-state index in [2.05, 4.69) is 0 Å². The van der Waals surface area contributed by atoms with Crippen LogP contribution < -0.4 is 0 Å². The lowest BCUT2D eigenvalue weighted by Crippen LogP contribution is -1.80. The Kier molecular flexibility index (Phi) is 10.3. The van der Waals surface area contributed by atoms with E-state index in [0.29, 0.717) is 11.1 Å². The predicted molar refractivity (Wildman–Crippen MR) is 60.3 cm³/mol. The van der Waals surface area contributed by atoms with Crippen molar-refractivity contribution in [3.8, 4) is 11.8 Å². The number of aromatic hydroxyl groups is 1. The van der Waals surface area contributed by atoms with Crippen LogP contribution in [0.15, 0.2) is 18.2 Å². The lowest BCUT2D eigenvalue weighted by atomic mass is 10.1. The lowest BCUT2D eigenvalue weighted by molar-refractivity contribution is 0.471. The van der Waals surface area contributed by atoms with E-state index in [1.807, 2.05) is 33.8 Å². The van der Waals surface area contributed by atoms with E-state index in [0.717, 1.165) is 0 Å². The Labute approximate surface area is 86.8 Å². The van der Waals surface area contributed by atoms with Crippen LogP contribution in [-0.2, 0) is 0 Å². The van der Waals surface area contributed by atoms with Crippen molar-refractivity contribution in [2.24, 2.45) is 0 Å². The van der Waals surface area contributed by atoms with Crippen LogP contribution >= 0.6 is 0 Å². The first-order valence-corrected chi connectivity index (χ1v) is 4.94. The van der Waals surface area contributed by atoms with Gasteiger partial charge in [-0.15, -0.1) is 0 Å². The predicted octanol–water partition coefficient (Wildman–Crippen LogP) is 3.62. The van der Waals surface area contributed by atoms with E-state index >= 15 is 0 Å². The largest absolute Gasteiger partial charge is 0.508 e. The molecule has 0 aliphatic rings. The second kappa shape index (κ2) is 9.60. The molecule has 0 aliphatic heterocycles. The molecule has 1 aromatic rings. The minimum absolute atomic E-state index is 0.180. The summed E-state index contributed by atoms with van der Waals surface area (Å²) in [6, 6.07) is 6.87. The van der Waals surface area contributed by atoms with Crippen molar-refractivity contribution in [3.63, 3.8) is 0 Å². The van der Waals surface area contributed by atoms with Gasteiger partial charge in [0, 0.05) is 5.56 Å². The molecular formula is C12H19NO. The normalized spacial score (nSPS) is 7.14. The second-order valence-electron chi connectivity index (χ2n) is 2.06. The van der Waals surface area contributed by atoms with Gasteiger partial charge >= 0.3 is 0 Å². The van der Waals surface area contributed by atoms with Crippen LogP contribution in [0.1, 0.15) is 38.8 Å². The van der Waals surface area contributed by atoms with Crippen molar-refractivity contribution in [1.29, 1.82) is 5.26 Å². The molecule has 0 atom stereocenters. The van der Waals surface area contributed by atoms with Gasteiger partial charge in [0.1, 0.15) is 5.75 Å². The fraction of sp³-hybridized carbons (Fsp3) is 0.417. The standard InChI is InChI=1S/C8H7NO.2C2H6/c1-6-7(5-9)3-2-4-8(6)10;2*1-2/h2-4,10H,1H3;2*1-2H3. The maximum atomic E-state index is 9.08. The number of benzene rings is 1. The number of phenolic OH excluding ortho intramolecular Hbond substituents is 1. The van der Waals surface area contributed by atoms with Crippen LogP contribution in [0.3, 0.4) is 0 Å². The summed E-state index contributed by atoms with van der Waals surface area (Å²) in [5.74, 6) is 0.180. The first kappa shape index (κ1) is 15.0. The molecule has 2 nitrogen and oxygen atoms in total. The van der Waals surface area contributed by atoms with Crippen LogP contribution in [0, 0.1) is 18.3 Å². The first-order chi connectivity index (χ1) is 6.75. The summed E-state index contributed by atoms with van der Waals surface area (Å²) in [4.78, 5) is 0. The van der Waals surface area contributed by atoms with Crippen molar-refractivity contribution in [3.05, 3.63) is 29.3 Å². The molecule has 0 aromatic heterocycles. The summed E-state index contributed by atoms with van der Waals surface area (Å²) in [5, 5.41) is 17.6. The van der Waals surface area contributed by atoms with Gasteiger partial charge in [0.25, 0.3) is 0 Å². The highest BCUT2D eigenvalue weighted by Gasteiger charge is 1.98. The molecule has 1 rings (SSSR count). The molecule has 0 bridgehead atoms. The number of phenols is 1. The van der Waals surface area contributed by atoms with Gasteiger partial charge in [-0.25, -0.2) is 0 Å². The third-order valence-corrected chi connectivity index (χ3v) is 1.43. The summed E-state index contributed by atoms with van der Waals surface area (Å²) in [5.41, 5.74) is 1.17. The summed E-state index contributed by atoms with van der Waals surface area (Å²) < 4.78 is 0. The smallest absolute Gasteiger partial charge is 0.119 e. The average Bonchev–Trinajstić information content (AvgIpc) is 2.28. The molecule has 0 radical (unpaired) electrons. The Bertz CT molecular complexity index is 287. The average molecular weight is 193 g/mol. The quantitative estimate of drug-likeness (QED) is 0.683. The summed E-state index contributed by atoms with van der Waals surface area (Å²) in [6.45, 7) is 9.72. The topological polar surface area (TPSA) is 44.0 Å². The molecule has 1 N–H and O–H groups in total. The zero-order valence-corrected chi connectivity index (χ0v) is 9.63.